The zero-order valence-electron chi connectivity index (χ0n) is 27.2. The van der Waals surface area contributed by atoms with Crippen molar-refractivity contribution in [3.8, 4) is 5.75 Å². The first kappa shape index (κ1) is 35.2. The van der Waals surface area contributed by atoms with Crippen LogP contribution in [0.3, 0.4) is 0 Å². The summed E-state index contributed by atoms with van der Waals surface area (Å²) >= 11 is 0. The molecule has 0 bridgehead atoms. The topological polar surface area (TPSA) is 96.0 Å². The number of carbonyl (C=O) groups excluding carboxylic acids is 2. The minimum Gasteiger partial charge on any atom is -0.494 e. The molecular formula is C37H42FN3O5S. The van der Waals surface area contributed by atoms with Crippen LogP contribution in [0.2, 0.25) is 0 Å². The number of aryl methyl sites for hydroxylation is 1. The molecule has 2 amide bonds. The molecule has 2 atom stereocenters. The number of carbonyl (C=O) groups is 2. The van der Waals surface area contributed by atoms with Crippen molar-refractivity contribution in [3.05, 3.63) is 126 Å². The molecule has 0 radical (unpaired) electrons. The Morgan fingerprint density at radius 3 is 2.13 bits per heavy atom. The van der Waals surface area contributed by atoms with Gasteiger partial charge in [0.25, 0.3) is 10.0 Å². The lowest BCUT2D eigenvalue weighted by molar-refractivity contribution is -0.140. The van der Waals surface area contributed by atoms with E-state index in [-0.39, 0.29) is 35.2 Å². The van der Waals surface area contributed by atoms with Crippen LogP contribution in [0.5, 0.6) is 5.75 Å². The first-order chi connectivity index (χ1) is 22.5. The molecule has 0 aromatic heterocycles. The summed E-state index contributed by atoms with van der Waals surface area (Å²) in [5.41, 5.74) is 2.10. The molecule has 2 unspecified atom stereocenters. The number of nitrogens with zero attached hydrogens (tertiary/aromatic N) is 2. The van der Waals surface area contributed by atoms with E-state index in [1.807, 2.05) is 58.0 Å². The Kier molecular flexibility index (Phi) is 12.1. The molecule has 8 nitrogen and oxygen atoms in total. The van der Waals surface area contributed by atoms with Crippen molar-refractivity contribution in [1.29, 1.82) is 0 Å². The molecule has 4 aromatic rings. The van der Waals surface area contributed by atoms with Crippen LogP contribution in [0.1, 0.15) is 43.9 Å². The monoisotopic (exact) mass is 659 g/mol. The number of hydrogen-bond donors (Lipinski definition) is 1. The summed E-state index contributed by atoms with van der Waals surface area (Å²) in [5.74, 6) is -1.08. The third kappa shape index (κ3) is 9.19. The molecule has 0 aliphatic rings. The fraction of sp³-hybridized carbons (Fsp3) is 0.297. The number of hydrogen-bond acceptors (Lipinski definition) is 5. The van der Waals surface area contributed by atoms with Gasteiger partial charge in [-0.05, 0) is 75.2 Å². The Bertz CT molecular complexity index is 1730. The largest absolute Gasteiger partial charge is 0.494 e. The fourth-order valence-corrected chi connectivity index (χ4v) is 6.46. The Morgan fingerprint density at radius 2 is 1.51 bits per heavy atom. The van der Waals surface area contributed by atoms with Gasteiger partial charge in [-0.15, -0.1) is 0 Å². The van der Waals surface area contributed by atoms with Gasteiger partial charge in [0.2, 0.25) is 11.8 Å². The number of rotatable bonds is 15. The van der Waals surface area contributed by atoms with Gasteiger partial charge in [0, 0.05) is 24.6 Å². The molecular weight excluding hydrogens is 617 g/mol. The number of sulfonamides is 1. The summed E-state index contributed by atoms with van der Waals surface area (Å²) < 4.78 is 50.0. The van der Waals surface area contributed by atoms with Gasteiger partial charge < -0.3 is 15.0 Å². The highest BCUT2D eigenvalue weighted by Crippen LogP contribution is 2.27. The molecule has 4 rings (SSSR count). The molecule has 0 saturated heterocycles. The summed E-state index contributed by atoms with van der Waals surface area (Å²) in [6.07, 6.45) is 0.794. The van der Waals surface area contributed by atoms with Crippen molar-refractivity contribution in [2.75, 3.05) is 17.5 Å². The molecule has 0 aliphatic carbocycles. The van der Waals surface area contributed by atoms with Crippen LogP contribution in [0.25, 0.3) is 0 Å². The quantitative estimate of drug-likeness (QED) is 0.162. The van der Waals surface area contributed by atoms with Gasteiger partial charge in [0.1, 0.15) is 24.2 Å². The molecule has 0 aliphatic heterocycles. The normalized spacial score (nSPS) is 12.5. The van der Waals surface area contributed by atoms with E-state index in [1.54, 1.807) is 54.6 Å². The zero-order valence-corrected chi connectivity index (χ0v) is 28.0. The van der Waals surface area contributed by atoms with Crippen molar-refractivity contribution in [3.63, 3.8) is 0 Å². The predicted octanol–water partition coefficient (Wildman–Crippen LogP) is 6.28. The number of halogens is 1. The highest BCUT2D eigenvalue weighted by Gasteiger charge is 2.35. The van der Waals surface area contributed by atoms with Gasteiger partial charge in [-0.3, -0.25) is 13.9 Å². The van der Waals surface area contributed by atoms with E-state index in [4.69, 9.17) is 4.74 Å². The van der Waals surface area contributed by atoms with Crippen molar-refractivity contribution in [1.82, 2.24) is 10.2 Å². The van der Waals surface area contributed by atoms with Crippen molar-refractivity contribution >= 4 is 27.5 Å². The number of nitrogens with one attached hydrogen (secondary N) is 1. The van der Waals surface area contributed by atoms with Crippen molar-refractivity contribution in [2.45, 2.75) is 64.1 Å². The van der Waals surface area contributed by atoms with Crippen LogP contribution >= 0.6 is 0 Å². The van der Waals surface area contributed by atoms with E-state index in [0.29, 0.717) is 18.8 Å². The van der Waals surface area contributed by atoms with E-state index in [0.717, 1.165) is 15.4 Å². The zero-order chi connectivity index (χ0) is 34.0. The van der Waals surface area contributed by atoms with E-state index in [2.05, 4.69) is 5.32 Å². The van der Waals surface area contributed by atoms with Crippen molar-refractivity contribution < 1.29 is 27.1 Å². The Morgan fingerprint density at radius 1 is 0.872 bits per heavy atom. The maximum absolute atomic E-state index is 15.1. The minimum atomic E-state index is -4.26. The minimum absolute atomic E-state index is 0.000729. The van der Waals surface area contributed by atoms with E-state index >= 15 is 4.39 Å². The summed E-state index contributed by atoms with van der Waals surface area (Å²) in [6, 6.07) is 26.8. The highest BCUT2D eigenvalue weighted by atomic mass is 32.2. The molecule has 47 heavy (non-hydrogen) atoms. The first-order valence-corrected chi connectivity index (χ1v) is 17.2. The Balaban J connectivity index is 1.81. The average Bonchev–Trinajstić information content (AvgIpc) is 3.07. The second-order valence-electron chi connectivity index (χ2n) is 11.4. The van der Waals surface area contributed by atoms with Crippen LogP contribution in [-0.4, -0.2) is 50.4 Å². The Labute approximate surface area is 277 Å². The number of anilines is 1. The van der Waals surface area contributed by atoms with Crippen molar-refractivity contribution in [2.24, 2.45) is 0 Å². The van der Waals surface area contributed by atoms with Gasteiger partial charge in [-0.1, -0.05) is 73.2 Å². The average molecular weight is 660 g/mol. The SMILES string of the molecule is CCOc1ccc(N(CC(=O)N(Cc2ccccc2F)C(Cc2ccccc2)C(=O)NC(C)CC)S(=O)(=O)c2ccc(C)cc2)cc1. The van der Waals surface area contributed by atoms with Crippen LogP contribution in [-0.2, 0) is 32.6 Å². The van der Waals surface area contributed by atoms with Crippen LogP contribution in [0.15, 0.2) is 108 Å². The van der Waals surface area contributed by atoms with E-state index in [1.165, 1.54) is 23.1 Å². The summed E-state index contributed by atoms with van der Waals surface area (Å²) in [4.78, 5) is 29.7. The molecule has 0 spiro atoms. The third-order valence-electron chi connectivity index (χ3n) is 7.89. The second kappa shape index (κ2) is 16.2. The summed E-state index contributed by atoms with van der Waals surface area (Å²) in [6.45, 7) is 7.03. The molecule has 0 saturated carbocycles. The molecule has 248 valence electrons. The number of amides is 2. The summed E-state index contributed by atoms with van der Waals surface area (Å²) in [5, 5.41) is 2.98. The van der Waals surface area contributed by atoms with Crippen LogP contribution in [0.4, 0.5) is 10.1 Å². The lowest BCUT2D eigenvalue weighted by Gasteiger charge is -2.34. The molecule has 10 heteroatoms. The maximum Gasteiger partial charge on any atom is 0.264 e. The third-order valence-corrected chi connectivity index (χ3v) is 9.68. The smallest absolute Gasteiger partial charge is 0.264 e. The van der Waals surface area contributed by atoms with Gasteiger partial charge in [0.05, 0.1) is 17.2 Å². The van der Waals surface area contributed by atoms with Gasteiger partial charge >= 0.3 is 0 Å². The first-order valence-electron chi connectivity index (χ1n) is 15.7. The predicted molar refractivity (Wildman–Crippen MR) is 182 cm³/mol. The maximum atomic E-state index is 15.1. The standard InChI is InChI=1S/C37H42FN3O5S/c1-5-28(4)39-37(43)35(24-29-12-8-7-9-13-29)40(25-30-14-10-11-15-34(30)38)36(42)26-41(31-18-20-32(21-19-31)46-6-2)47(44,45)33-22-16-27(3)17-23-33/h7-23,28,35H,5-6,24-26H2,1-4H3,(H,39,43). The molecule has 1 N–H and O–H groups in total. The summed E-state index contributed by atoms with van der Waals surface area (Å²) in [7, 11) is -4.26. The molecule has 0 heterocycles. The second-order valence-corrected chi connectivity index (χ2v) is 13.3. The van der Waals surface area contributed by atoms with Gasteiger partial charge in [0.15, 0.2) is 0 Å². The Hall–Kier alpha value is -4.70. The lowest BCUT2D eigenvalue weighted by atomic mass is 10.0. The fourth-order valence-electron chi connectivity index (χ4n) is 5.05. The van der Waals surface area contributed by atoms with Crippen LogP contribution < -0.4 is 14.4 Å². The number of benzene rings is 4. The highest BCUT2D eigenvalue weighted by molar-refractivity contribution is 7.92. The van der Waals surface area contributed by atoms with Gasteiger partial charge in [-0.25, -0.2) is 12.8 Å². The van der Waals surface area contributed by atoms with E-state index < -0.39 is 40.2 Å². The lowest BCUT2D eigenvalue weighted by Crippen LogP contribution is -2.54. The molecule has 4 aromatic carbocycles. The number of ether oxygens (including phenoxy) is 1. The van der Waals surface area contributed by atoms with Crippen LogP contribution in [0, 0.1) is 12.7 Å². The molecule has 0 fully saturated rings. The van der Waals surface area contributed by atoms with Gasteiger partial charge in [-0.2, -0.15) is 0 Å². The van der Waals surface area contributed by atoms with E-state index in [9.17, 15) is 18.0 Å².